The molecule has 0 saturated heterocycles. The Hall–Kier alpha value is -1.14. The zero-order valence-corrected chi connectivity index (χ0v) is 8.27. The lowest BCUT2D eigenvalue weighted by Gasteiger charge is -2.06. The van der Waals surface area contributed by atoms with Gasteiger partial charge in [0.1, 0.15) is 6.04 Å². The molecule has 0 aliphatic rings. The summed E-state index contributed by atoms with van der Waals surface area (Å²) in [5, 5.41) is 8.41. The number of carbonyl (C=O) groups is 1. The summed E-state index contributed by atoms with van der Waals surface area (Å²) in [5.41, 5.74) is 10.5. The van der Waals surface area contributed by atoms with Crippen LogP contribution in [-0.2, 0) is 9.53 Å². The van der Waals surface area contributed by atoms with Crippen molar-refractivity contribution in [2.75, 3.05) is 19.8 Å². The Bertz CT molecular complexity index is 202. The van der Waals surface area contributed by atoms with Crippen molar-refractivity contribution in [3.05, 3.63) is 0 Å². The summed E-state index contributed by atoms with van der Waals surface area (Å²) in [7, 11) is 0. The Kier molecular flexibility index (Phi) is 6.69. The molecule has 0 unspecified atom stereocenters. The van der Waals surface area contributed by atoms with Crippen LogP contribution in [0.4, 0.5) is 0 Å². The second kappa shape index (κ2) is 7.28. The number of aliphatic imine (C=N–C) groups is 1. The number of aliphatic carboxylic acids is 1. The molecule has 0 fully saturated rings. The number of ether oxygens (including phenoxy) is 1. The average Bonchev–Trinajstić information content (AvgIpc) is 2.09. The molecule has 0 aliphatic heterocycles. The number of amidine groups is 1. The van der Waals surface area contributed by atoms with Gasteiger partial charge in [0.25, 0.3) is 0 Å². The average molecular weight is 203 g/mol. The molecule has 0 spiro atoms. The molecular weight excluding hydrogens is 186 g/mol. The molecule has 6 heteroatoms. The minimum atomic E-state index is -1.05. The topological polar surface area (TPSA) is 111 Å². The fourth-order valence-corrected chi connectivity index (χ4v) is 0.704. The summed E-state index contributed by atoms with van der Waals surface area (Å²) in [6, 6.07) is -0.949. The van der Waals surface area contributed by atoms with Crippen molar-refractivity contribution in [2.24, 2.45) is 16.5 Å². The van der Waals surface area contributed by atoms with Gasteiger partial charge in [-0.05, 0) is 13.3 Å². The van der Waals surface area contributed by atoms with Crippen molar-refractivity contribution < 1.29 is 14.6 Å². The zero-order chi connectivity index (χ0) is 11.0. The molecule has 6 nitrogen and oxygen atoms in total. The van der Waals surface area contributed by atoms with E-state index in [-0.39, 0.29) is 6.61 Å². The molecule has 0 aliphatic carbocycles. The lowest BCUT2D eigenvalue weighted by molar-refractivity contribution is -0.140. The van der Waals surface area contributed by atoms with E-state index in [2.05, 4.69) is 4.99 Å². The molecule has 82 valence electrons. The molecule has 0 amide bonds. The monoisotopic (exact) mass is 203 g/mol. The van der Waals surface area contributed by atoms with Gasteiger partial charge in [0.05, 0.1) is 12.4 Å². The van der Waals surface area contributed by atoms with Gasteiger partial charge in [-0.1, -0.05) is 0 Å². The van der Waals surface area contributed by atoms with E-state index in [1.807, 2.05) is 0 Å². The Morgan fingerprint density at radius 1 is 1.64 bits per heavy atom. The van der Waals surface area contributed by atoms with E-state index in [0.29, 0.717) is 25.4 Å². The third kappa shape index (κ3) is 7.51. The largest absolute Gasteiger partial charge is 0.480 e. The second-order valence-electron chi connectivity index (χ2n) is 2.90. The second-order valence-corrected chi connectivity index (χ2v) is 2.90. The van der Waals surface area contributed by atoms with Crippen LogP contribution in [0.3, 0.4) is 0 Å². The molecule has 14 heavy (non-hydrogen) atoms. The van der Waals surface area contributed by atoms with Gasteiger partial charge in [-0.3, -0.25) is 9.79 Å². The molecule has 1 atom stereocenters. The quantitative estimate of drug-likeness (QED) is 0.284. The van der Waals surface area contributed by atoms with Gasteiger partial charge in [0.2, 0.25) is 0 Å². The minimum absolute atomic E-state index is 0.0284. The predicted molar refractivity (Wildman–Crippen MR) is 53.2 cm³/mol. The van der Waals surface area contributed by atoms with Crippen LogP contribution in [0.1, 0.15) is 13.3 Å². The fourth-order valence-electron chi connectivity index (χ4n) is 0.704. The van der Waals surface area contributed by atoms with Crippen molar-refractivity contribution in [2.45, 2.75) is 19.4 Å². The summed E-state index contributed by atoms with van der Waals surface area (Å²) in [6.45, 7) is 2.77. The summed E-state index contributed by atoms with van der Waals surface area (Å²) >= 11 is 0. The van der Waals surface area contributed by atoms with E-state index in [1.165, 1.54) is 0 Å². The summed E-state index contributed by atoms with van der Waals surface area (Å²) in [6.07, 6.45) is 0.709. The first-order valence-corrected chi connectivity index (χ1v) is 4.36. The van der Waals surface area contributed by atoms with E-state index in [1.54, 1.807) is 6.92 Å². The summed E-state index contributed by atoms with van der Waals surface area (Å²) in [5.74, 6) is -0.520. The lowest BCUT2D eigenvalue weighted by atomic mass is 10.3. The third-order valence-electron chi connectivity index (χ3n) is 1.42. The number of nitrogens with zero attached hydrogens (tertiary/aromatic N) is 1. The first kappa shape index (κ1) is 12.9. The molecule has 0 rings (SSSR count). The van der Waals surface area contributed by atoms with Gasteiger partial charge in [0.15, 0.2) is 0 Å². The van der Waals surface area contributed by atoms with Crippen molar-refractivity contribution in [1.29, 1.82) is 0 Å². The van der Waals surface area contributed by atoms with Gasteiger partial charge < -0.3 is 21.3 Å². The molecule has 0 heterocycles. The van der Waals surface area contributed by atoms with Gasteiger partial charge in [-0.2, -0.15) is 0 Å². The lowest BCUT2D eigenvalue weighted by Crippen LogP contribution is -2.35. The minimum Gasteiger partial charge on any atom is -0.480 e. The molecule has 0 bridgehead atoms. The van der Waals surface area contributed by atoms with E-state index >= 15 is 0 Å². The first-order valence-electron chi connectivity index (χ1n) is 4.36. The number of carboxylic acid groups (broad SMARTS) is 1. The van der Waals surface area contributed by atoms with E-state index < -0.39 is 12.0 Å². The Balaban J connectivity index is 3.30. The van der Waals surface area contributed by atoms with Crippen LogP contribution in [0, 0.1) is 0 Å². The van der Waals surface area contributed by atoms with Crippen LogP contribution in [0.5, 0.6) is 0 Å². The fraction of sp³-hybridized carbons (Fsp3) is 0.750. The van der Waals surface area contributed by atoms with Gasteiger partial charge in [0, 0.05) is 13.2 Å². The first-order chi connectivity index (χ1) is 6.54. The maximum Gasteiger partial charge on any atom is 0.322 e. The smallest absolute Gasteiger partial charge is 0.322 e. The van der Waals surface area contributed by atoms with Crippen LogP contribution in [0.15, 0.2) is 4.99 Å². The van der Waals surface area contributed by atoms with Crippen LogP contribution in [0.25, 0.3) is 0 Å². The van der Waals surface area contributed by atoms with Crippen LogP contribution < -0.4 is 11.5 Å². The molecule has 0 saturated carbocycles. The maximum atomic E-state index is 10.3. The normalized spacial score (nSPS) is 14.0. The summed E-state index contributed by atoms with van der Waals surface area (Å²) < 4.78 is 5.02. The SMILES string of the molecule is CC(N)=NCCCOC[C@H](N)C(=O)O. The number of nitrogens with two attached hydrogens (primary N) is 2. The highest BCUT2D eigenvalue weighted by Gasteiger charge is 2.10. The molecule has 5 N–H and O–H groups in total. The molecule has 0 aromatic rings. The van der Waals surface area contributed by atoms with Crippen molar-refractivity contribution in [3.8, 4) is 0 Å². The number of carboxylic acids is 1. The van der Waals surface area contributed by atoms with Gasteiger partial charge in [-0.25, -0.2) is 0 Å². The zero-order valence-electron chi connectivity index (χ0n) is 8.27. The molecular formula is C8H17N3O3. The predicted octanol–water partition coefficient (Wildman–Crippen LogP) is -0.818. The van der Waals surface area contributed by atoms with Crippen molar-refractivity contribution in [3.63, 3.8) is 0 Å². The van der Waals surface area contributed by atoms with Crippen LogP contribution in [-0.4, -0.2) is 42.7 Å². The van der Waals surface area contributed by atoms with E-state index in [4.69, 9.17) is 21.3 Å². The van der Waals surface area contributed by atoms with Gasteiger partial charge >= 0.3 is 5.97 Å². The van der Waals surface area contributed by atoms with E-state index in [0.717, 1.165) is 0 Å². The number of rotatable bonds is 7. The van der Waals surface area contributed by atoms with Crippen LogP contribution in [0.2, 0.25) is 0 Å². The summed E-state index contributed by atoms with van der Waals surface area (Å²) in [4.78, 5) is 14.2. The Labute approximate surface area is 82.9 Å². The van der Waals surface area contributed by atoms with E-state index in [9.17, 15) is 4.79 Å². The third-order valence-corrected chi connectivity index (χ3v) is 1.42. The highest BCUT2D eigenvalue weighted by Crippen LogP contribution is 1.87. The standard InChI is InChI=1S/C8H17N3O3/c1-6(9)11-3-2-4-14-5-7(10)8(12)13/h7H,2-5,10H2,1H3,(H2,9,11)(H,12,13)/t7-/m0/s1. The molecule has 0 aromatic heterocycles. The molecule has 0 aromatic carbocycles. The maximum absolute atomic E-state index is 10.3. The van der Waals surface area contributed by atoms with Gasteiger partial charge in [-0.15, -0.1) is 0 Å². The number of hydrogen-bond donors (Lipinski definition) is 3. The highest BCUT2D eigenvalue weighted by atomic mass is 16.5. The van der Waals surface area contributed by atoms with Crippen LogP contribution >= 0.6 is 0 Å². The molecule has 0 radical (unpaired) electrons. The van der Waals surface area contributed by atoms with Crippen molar-refractivity contribution in [1.82, 2.24) is 0 Å². The Morgan fingerprint density at radius 2 is 2.29 bits per heavy atom. The number of hydrogen-bond acceptors (Lipinski definition) is 4. The highest BCUT2D eigenvalue weighted by molar-refractivity contribution is 5.77. The van der Waals surface area contributed by atoms with Crippen molar-refractivity contribution >= 4 is 11.8 Å². The Morgan fingerprint density at radius 3 is 2.79 bits per heavy atom.